The van der Waals surface area contributed by atoms with E-state index >= 15 is 0 Å². The molecule has 2 rings (SSSR count). The molecule has 1 aliphatic heterocycles. The fourth-order valence-electron chi connectivity index (χ4n) is 3.55. The van der Waals surface area contributed by atoms with E-state index in [1.165, 1.54) is 0 Å². The van der Waals surface area contributed by atoms with Crippen LogP contribution in [0, 0.1) is 11.8 Å². The van der Waals surface area contributed by atoms with Crippen LogP contribution in [-0.2, 0) is 0 Å². The zero-order valence-electron chi connectivity index (χ0n) is 17.2. The van der Waals surface area contributed by atoms with Crippen molar-refractivity contribution in [3.8, 4) is 0 Å². The Labute approximate surface area is 191 Å². The lowest BCUT2D eigenvalue weighted by atomic mass is 9.94. The summed E-state index contributed by atoms with van der Waals surface area (Å²) in [6.07, 6.45) is 4.68. The maximum absolute atomic E-state index is 9.31. The van der Waals surface area contributed by atoms with Gasteiger partial charge in [0.2, 0.25) is 0 Å². The number of nitrogens with one attached hydrogen (secondary N) is 2. The maximum atomic E-state index is 9.31. The van der Waals surface area contributed by atoms with Crippen LogP contribution in [0.15, 0.2) is 23.3 Å². The van der Waals surface area contributed by atoms with E-state index < -0.39 is 0 Å². The molecule has 0 bridgehead atoms. The second-order valence-corrected chi connectivity index (χ2v) is 8.02. The molecule has 0 spiro atoms. The third-order valence-corrected chi connectivity index (χ3v) is 5.06. The molecular formula is C20H35ClIN5O. The van der Waals surface area contributed by atoms with Gasteiger partial charge < -0.3 is 20.6 Å². The monoisotopic (exact) mass is 523 g/mol. The molecule has 0 radical (unpaired) electrons. The smallest absolute Gasteiger partial charge is 0.191 e. The first kappa shape index (κ1) is 25.2. The summed E-state index contributed by atoms with van der Waals surface area (Å²) in [5.74, 6) is 2.73. The highest BCUT2D eigenvalue weighted by molar-refractivity contribution is 14.0. The third kappa shape index (κ3) is 8.29. The van der Waals surface area contributed by atoms with Gasteiger partial charge in [0.15, 0.2) is 5.96 Å². The standard InChI is InChI=1S/C20H34ClN5O.HI/c1-4-22-20(24-13-16(8-11-27)12-15(2)3)25-17-7-10-26(14-17)19-18(21)6-5-9-23-19;/h5-6,9,15-17,27H,4,7-8,10-14H2,1-3H3,(H2,22,24,25);1H. The summed E-state index contributed by atoms with van der Waals surface area (Å²) in [4.78, 5) is 11.4. The van der Waals surface area contributed by atoms with Crippen LogP contribution < -0.4 is 15.5 Å². The number of aliphatic hydroxyl groups is 1. The quantitative estimate of drug-likeness (QED) is 0.262. The summed E-state index contributed by atoms with van der Waals surface area (Å²) >= 11 is 6.28. The number of rotatable bonds is 9. The lowest BCUT2D eigenvalue weighted by molar-refractivity contribution is 0.245. The number of aromatic nitrogens is 1. The van der Waals surface area contributed by atoms with Crippen molar-refractivity contribution in [1.82, 2.24) is 15.6 Å². The fraction of sp³-hybridized carbons (Fsp3) is 0.700. The van der Waals surface area contributed by atoms with Crippen LogP contribution in [0.1, 0.15) is 40.0 Å². The molecule has 0 saturated carbocycles. The van der Waals surface area contributed by atoms with Crippen molar-refractivity contribution in [2.45, 2.75) is 46.1 Å². The molecule has 0 amide bonds. The number of hydrogen-bond donors (Lipinski definition) is 3. The average Bonchev–Trinajstić information content (AvgIpc) is 3.08. The lowest BCUT2D eigenvalue weighted by Crippen LogP contribution is -2.45. The summed E-state index contributed by atoms with van der Waals surface area (Å²) in [7, 11) is 0. The molecule has 6 nitrogen and oxygen atoms in total. The molecule has 0 aliphatic carbocycles. The number of guanidine groups is 1. The van der Waals surface area contributed by atoms with Crippen LogP contribution in [0.5, 0.6) is 0 Å². The minimum Gasteiger partial charge on any atom is -0.396 e. The van der Waals surface area contributed by atoms with Crippen LogP contribution in [0.4, 0.5) is 5.82 Å². The van der Waals surface area contributed by atoms with Crippen molar-refractivity contribution >= 4 is 47.4 Å². The van der Waals surface area contributed by atoms with Gasteiger partial charge in [-0.25, -0.2) is 4.98 Å². The highest BCUT2D eigenvalue weighted by atomic mass is 127. The van der Waals surface area contributed by atoms with Gasteiger partial charge in [-0.05, 0) is 50.2 Å². The summed E-state index contributed by atoms with van der Waals surface area (Å²) in [5.41, 5.74) is 0. The minimum atomic E-state index is 0. The topological polar surface area (TPSA) is 72.8 Å². The van der Waals surface area contributed by atoms with Gasteiger partial charge in [-0.3, -0.25) is 4.99 Å². The van der Waals surface area contributed by atoms with E-state index in [0.29, 0.717) is 22.9 Å². The van der Waals surface area contributed by atoms with Crippen molar-refractivity contribution in [3.05, 3.63) is 23.4 Å². The van der Waals surface area contributed by atoms with Gasteiger partial charge in [0.1, 0.15) is 5.82 Å². The number of halogens is 2. The van der Waals surface area contributed by atoms with Crippen LogP contribution in [0.3, 0.4) is 0 Å². The Kier molecular flexibility index (Phi) is 12.1. The van der Waals surface area contributed by atoms with Crippen molar-refractivity contribution in [2.75, 3.05) is 37.7 Å². The van der Waals surface area contributed by atoms with Gasteiger partial charge >= 0.3 is 0 Å². The molecule has 28 heavy (non-hydrogen) atoms. The van der Waals surface area contributed by atoms with E-state index in [0.717, 1.165) is 57.2 Å². The Morgan fingerprint density at radius 2 is 2.25 bits per heavy atom. The Bertz CT molecular complexity index is 602. The molecule has 1 aliphatic rings. The molecule has 0 aromatic carbocycles. The first-order valence-corrected chi connectivity index (χ1v) is 10.4. The second-order valence-electron chi connectivity index (χ2n) is 7.61. The van der Waals surface area contributed by atoms with E-state index in [9.17, 15) is 5.11 Å². The molecule has 160 valence electrons. The number of hydrogen-bond acceptors (Lipinski definition) is 4. The highest BCUT2D eigenvalue weighted by Gasteiger charge is 2.25. The van der Waals surface area contributed by atoms with Gasteiger partial charge in [0.05, 0.1) is 5.02 Å². The molecule has 2 atom stereocenters. The van der Waals surface area contributed by atoms with E-state index in [4.69, 9.17) is 16.6 Å². The Hall–Kier alpha value is -0.800. The molecule has 1 saturated heterocycles. The van der Waals surface area contributed by atoms with Crippen LogP contribution in [-0.4, -0.2) is 54.9 Å². The van der Waals surface area contributed by atoms with E-state index in [1.807, 2.05) is 12.1 Å². The molecule has 1 aromatic rings. The number of nitrogens with zero attached hydrogens (tertiary/aromatic N) is 3. The van der Waals surface area contributed by atoms with Crippen LogP contribution >= 0.6 is 35.6 Å². The molecule has 1 aromatic heterocycles. The van der Waals surface area contributed by atoms with Gasteiger partial charge in [-0.1, -0.05) is 25.4 Å². The lowest BCUT2D eigenvalue weighted by Gasteiger charge is -2.21. The summed E-state index contributed by atoms with van der Waals surface area (Å²) in [5, 5.41) is 16.9. The zero-order chi connectivity index (χ0) is 19.6. The van der Waals surface area contributed by atoms with Gasteiger partial charge in [-0.15, -0.1) is 24.0 Å². The Morgan fingerprint density at radius 3 is 2.89 bits per heavy atom. The fourth-order valence-corrected chi connectivity index (χ4v) is 3.79. The zero-order valence-corrected chi connectivity index (χ0v) is 20.3. The summed E-state index contributed by atoms with van der Waals surface area (Å²) in [6, 6.07) is 4.04. The van der Waals surface area contributed by atoms with E-state index in [1.54, 1.807) is 6.20 Å². The maximum Gasteiger partial charge on any atom is 0.191 e. The van der Waals surface area contributed by atoms with Crippen molar-refractivity contribution < 1.29 is 5.11 Å². The predicted octanol–water partition coefficient (Wildman–Crippen LogP) is 3.53. The van der Waals surface area contributed by atoms with Gasteiger partial charge in [0.25, 0.3) is 0 Å². The highest BCUT2D eigenvalue weighted by Crippen LogP contribution is 2.25. The SMILES string of the molecule is CCNC(=NCC(CCO)CC(C)C)NC1CCN(c2ncccc2Cl)C1.I. The van der Waals surface area contributed by atoms with Crippen LogP contribution in [0.25, 0.3) is 0 Å². The number of aliphatic hydroxyl groups excluding tert-OH is 1. The number of anilines is 1. The van der Waals surface area contributed by atoms with Crippen molar-refractivity contribution in [3.63, 3.8) is 0 Å². The third-order valence-electron chi connectivity index (χ3n) is 4.76. The van der Waals surface area contributed by atoms with Crippen molar-refractivity contribution in [2.24, 2.45) is 16.8 Å². The summed E-state index contributed by atoms with van der Waals surface area (Å²) in [6.45, 7) is 10.1. The second kappa shape index (κ2) is 13.4. The normalized spacial score (nSPS) is 18.1. The van der Waals surface area contributed by atoms with E-state index in [-0.39, 0.29) is 30.6 Å². The first-order valence-electron chi connectivity index (χ1n) is 10.0. The Morgan fingerprint density at radius 1 is 1.46 bits per heavy atom. The Balaban J connectivity index is 0.00000392. The van der Waals surface area contributed by atoms with Crippen molar-refractivity contribution in [1.29, 1.82) is 0 Å². The molecule has 2 heterocycles. The molecule has 2 unspecified atom stereocenters. The van der Waals surface area contributed by atoms with Crippen LogP contribution in [0.2, 0.25) is 5.02 Å². The predicted molar refractivity (Wildman–Crippen MR) is 129 cm³/mol. The molecule has 8 heteroatoms. The average molecular weight is 524 g/mol. The molecular weight excluding hydrogens is 489 g/mol. The number of aliphatic imine (C=N–C) groups is 1. The summed E-state index contributed by atoms with van der Waals surface area (Å²) < 4.78 is 0. The van der Waals surface area contributed by atoms with E-state index in [2.05, 4.69) is 41.3 Å². The van der Waals surface area contributed by atoms with Gasteiger partial charge in [0, 0.05) is 45.0 Å². The first-order chi connectivity index (χ1) is 13.0. The number of pyridine rings is 1. The largest absolute Gasteiger partial charge is 0.396 e. The molecule has 1 fully saturated rings. The van der Waals surface area contributed by atoms with Gasteiger partial charge in [-0.2, -0.15) is 0 Å². The minimum absolute atomic E-state index is 0. The molecule has 3 N–H and O–H groups in total.